The predicted molar refractivity (Wildman–Crippen MR) is 362 cm³/mol. The second-order valence-corrected chi connectivity index (χ2v) is 34.8. The third-order valence-electron chi connectivity index (χ3n) is 15.0. The van der Waals surface area contributed by atoms with E-state index in [1.54, 1.807) is 12.4 Å². The number of nitrogen functional groups attached to an aromatic ring is 1. The van der Waals surface area contributed by atoms with Crippen LogP contribution in [0.2, 0.25) is 32.2 Å². The number of Topliss-reactive ketones (excluding diaryl/α,β-unsaturated/α-hetero) is 3. The quantitative estimate of drug-likeness (QED) is 0.00626. The molecule has 4 amide bonds. The second-order valence-electron chi connectivity index (χ2n) is 24.7. The minimum atomic E-state index is -2.15. The molecule has 40 heteroatoms. The minimum Gasteiger partial charge on any atom is -0.481 e. The van der Waals surface area contributed by atoms with Gasteiger partial charge in [-0.3, -0.25) is 67.5 Å². The SMILES string of the molecule is CC(=O)NCCC[Si](C)(C)O[Si](C)(C)CSc1ncc(Cn2cc(C[C@H](CC(=O)[C@H](CC(=O)O)NC(=O)[C@H](CC(=O)O)CC(=O)[C@H](CCCN=C(N)N)NC(=O)[C@H](CC(=O)O)CC(=O)CC[C@H](NC(=O)c3ccc(NCc4cnc5nc(N)[nH]c(=O)c5n4)cc3)C(=O)O)C(=O)O)nn2)cn1. The van der Waals surface area contributed by atoms with Crippen molar-refractivity contribution >= 4 is 128 Å². The number of nitrogens with one attached hydrogen (secondary N) is 6. The number of H-pyrrole nitrogens is 1. The number of nitrogens with zero attached hydrogens (tertiary/aromatic N) is 9. The van der Waals surface area contributed by atoms with Crippen LogP contribution in [0.3, 0.4) is 0 Å². The molecule has 4 heterocycles. The number of fused-ring (bicyclic) bond motifs is 1. The molecular weight excluding hydrogens is 1370 g/mol. The summed E-state index contributed by atoms with van der Waals surface area (Å²) in [5, 5.41) is 71.7. The Morgan fingerprint density at radius 3 is 1.93 bits per heavy atom. The Kier molecular flexibility index (Phi) is 30.5. The zero-order valence-electron chi connectivity index (χ0n) is 55.4. The molecule has 0 bridgehead atoms. The molecule has 17 N–H and O–H groups in total. The first-order chi connectivity index (χ1) is 47.0. The van der Waals surface area contributed by atoms with Crippen molar-refractivity contribution in [2.24, 2.45) is 34.2 Å². The van der Waals surface area contributed by atoms with E-state index in [4.69, 9.17) is 21.3 Å². The van der Waals surface area contributed by atoms with Gasteiger partial charge in [-0.05, 0) is 82.2 Å². The van der Waals surface area contributed by atoms with E-state index in [2.05, 4.69) is 98.0 Å². The molecule has 0 aliphatic rings. The molecule has 37 nitrogen and oxygen atoms in total. The molecule has 0 radical (unpaired) electrons. The summed E-state index contributed by atoms with van der Waals surface area (Å²) < 4.78 is 8.05. The molecule has 4 aromatic heterocycles. The van der Waals surface area contributed by atoms with Gasteiger partial charge in [0.25, 0.3) is 11.5 Å². The van der Waals surface area contributed by atoms with E-state index in [0.717, 1.165) is 12.5 Å². The number of carbonyl (C=O) groups is 12. The summed E-state index contributed by atoms with van der Waals surface area (Å²) in [5.74, 6) is -20.0. The highest BCUT2D eigenvalue weighted by molar-refractivity contribution is 8.00. The Bertz CT molecular complexity index is 3870. The lowest BCUT2D eigenvalue weighted by Gasteiger charge is -2.33. The number of rotatable bonds is 45. The smallest absolute Gasteiger partial charge is 0.326 e. The Hall–Kier alpha value is -10.5. The van der Waals surface area contributed by atoms with E-state index in [1.807, 2.05) is 0 Å². The number of aromatic amines is 1. The van der Waals surface area contributed by atoms with Gasteiger partial charge in [0.15, 0.2) is 50.5 Å². The van der Waals surface area contributed by atoms with E-state index in [1.165, 1.54) is 60.0 Å². The molecule has 540 valence electrons. The number of carbonyl (C=O) groups excluding carboxylic acids is 7. The normalized spacial score (nSPS) is 13.2. The Morgan fingerprint density at radius 1 is 0.700 bits per heavy atom. The summed E-state index contributed by atoms with van der Waals surface area (Å²) >= 11 is 1.46. The molecule has 100 heavy (non-hydrogen) atoms. The summed E-state index contributed by atoms with van der Waals surface area (Å²) in [6.45, 7) is 10.7. The molecule has 0 fully saturated rings. The van der Waals surface area contributed by atoms with Crippen molar-refractivity contribution < 1.29 is 87.2 Å². The molecule has 5 aromatic rings. The van der Waals surface area contributed by atoms with Crippen molar-refractivity contribution in [2.45, 2.75) is 153 Å². The highest BCUT2D eigenvalue weighted by Crippen LogP contribution is 2.26. The number of guanidine groups is 1. The third-order valence-corrected chi connectivity index (χ3v) is 24.8. The van der Waals surface area contributed by atoms with Gasteiger partial charge < -0.3 is 73.4 Å². The van der Waals surface area contributed by atoms with Gasteiger partial charge in [0.1, 0.15) is 11.8 Å². The molecule has 0 saturated carbocycles. The maximum Gasteiger partial charge on any atom is 0.326 e. The molecule has 0 unspecified atom stereocenters. The predicted octanol–water partition coefficient (Wildman–Crippen LogP) is 0.385. The van der Waals surface area contributed by atoms with Crippen LogP contribution < -0.4 is 49.3 Å². The first kappa shape index (κ1) is 80.2. The number of nitrogens with two attached hydrogens (primary N) is 3. The molecule has 0 aliphatic heterocycles. The second kappa shape index (κ2) is 38.0. The molecule has 0 saturated heterocycles. The van der Waals surface area contributed by atoms with Crippen LogP contribution in [-0.2, 0) is 76.4 Å². The van der Waals surface area contributed by atoms with Crippen LogP contribution in [-0.4, -0.2) is 200 Å². The number of carboxylic acid groups (broad SMARTS) is 5. The number of aliphatic imine (C=N–C) groups is 1. The summed E-state index contributed by atoms with van der Waals surface area (Å²) in [5.41, 5.74) is 17.4. The van der Waals surface area contributed by atoms with Gasteiger partial charge in [0, 0.05) is 92.9 Å². The molecule has 1 aromatic carbocycles. The average Bonchev–Trinajstić information content (AvgIpc) is 0.879. The largest absolute Gasteiger partial charge is 0.481 e. The van der Waals surface area contributed by atoms with Crippen molar-refractivity contribution in [3.63, 3.8) is 0 Å². The number of benzene rings is 1. The number of carboxylic acids is 5. The number of amides is 4. The number of hydrogen-bond acceptors (Lipinski definition) is 25. The van der Waals surface area contributed by atoms with Gasteiger partial charge in [0.2, 0.25) is 23.7 Å². The fourth-order valence-electron chi connectivity index (χ4n) is 10.2. The van der Waals surface area contributed by atoms with Crippen LogP contribution in [0, 0.1) is 17.8 Å². The summed E-state index contributed by atoms with van der Waals surface area (Å²) in [6, 6.07) is 1.31. The van der Waals surface area contributed by atoms with Gasteiger partial charge >= 0.3 is 29.8 Å². The van der Waals surface area contributed by atoms with Gasteiger partial charge in [-0.1, -0.05) is 17.0 Å². The van der Waals surface area contributed by atoms with Crippen molar-refractivity contribution in [1.82, 2.24) is 66.2 Å². The van der Waals surface area contributed by atoms with Gasteiger partial charge in [-0.2, -0.15) is 4.98 Å². The molecule has 5 rings (SSSR count). The maximum atomic E-state index is 14.2. The average molecular weight is 1450 g/mol. The van der Waals surface area contributed by atoms with Gasteiger partial charge in [-0.15, -0.1) is 5.10 Å². The number of aliphatic carboxylic acids is 5. The van der Waals surface area contributed by atoms with E-state index >= 15 is 0 Å². The fraction of sp³-hybridized carbons (Fsp3) is 0.483. The van der Waals surface area contributed by atoms with Crippen LogP contribution in [0.15, 0.2) is 64.0 Å². The third kappa shape index (κ3) is 28.2. The number of hydrogen-bond donors (Lipinski definition) is 14. The summed E-state index contributed by atoms with van der Waals surface area (Å²) in [4.78, 5) is 195. The number of thioether (sulfide) groups is 1. The fourth-order valence-corrected chi connectivity index (χ4v) is 20.6. The standard InChI is InChI=1S/C60H82N18O19SSi2/c1-32(79)64-16-7-17-99(2,3)97-100(4,5)31-98-60-68-25-33(26-69-60)29-78-30-39(76-77-78)18-37(56(93)94)21-46(82)44(24-49(87)88)73-54(91)36(23-48(85)86)20-45(81)42(8-6-15-65-58(61)62)71-53(90)35(22-47(83)84)19-41(80)13-14-43(57(95)96)72-52(89)34-9-11-38(12-10-34)66-27-40-28-67-51-50(70-40)55(92)75-59(63)74-51/h9-12,25-26,28,30,35-37,42-44,66H,6-8,13-24,27,29,31H2,1-5H3,(H,64,79)(H,71,90)(H,72,89)(H,73,91)(H,83,84)(H,85,86)(H,87,88)(H,93,94)(H,95,96)(H4,61,62,65)(H3,63,67,74,75,92)/t35-,36-,37+,42-,43-,44-/m0/s1. The zero-order valence-corrected chi connectivity index (χ0v) is 58.2. The van der Waals surface area contributed by atoms with Crippen molar-refractivity contribution in [3.05, 3.63) is 81.9 Å². The first-order valence-electron chi connectivity index (χ1n) is 31.3. The van der Waals surface area contributed by atoms with Crippen LogP contribution in [0.1, 0.15) is 105 Å². The monoisotopic (exact) mass is 1450 g/mol. The van der Waals surface area contributed by atoms with Crippen LogP contribution in [0.4, 0.5) is 11.6 Å². The van der Waals surface area contributed by atoms with Crippen molar-refractivity contribution in [2.75, 3.05) is 29.5 Å². The lowest BCUT2D eigenvalue weighted by Crippen LogP contribution is -2.48. The van der Waals surface area contributed by atoms with Gasteiger partial charge in [-0.25, -0.2) is 29.4 Å². The first-order valence-corrected chi connectivity index (χ1v) is 38.5. The number of aromatic nitrogens is 9. The van der Waals surface area contributed by atoms with E-state index < -0.39 is 181 Å². The number of anilines is 2. The Balaban J connectivity index is 1.19. The van der Waals surface area contributed by atoms with Gasteiger partial charge in [0.05, 0.1) is 79.8 Å². The van der Waals surface area contributed by atoms with Crippen molar-refractivity contribution in [1.29, 1.82) is 0 Å². The highest BCUT2D eigenvalue weighted by atomic mass is 32.2. The van der Waals surface area contributed by atoms with E-state index in [9.17, 15) is 87.9 Å². The molecule has 0 spiro atoms. The molecule has 6 atom stereocenters. The Morgan fingerprint density at radius 2 is 1.32 bits per heavy atom. The summed E-state index contributed by atoms with van der Waals surface area (Å²) in [7, 11) is -4.17. The van der Waals surface area contributed by atoms with Crippen molar-refractivity contribution in [3.8, 4) is 0 Å². The molecular formula is C60H82N18O19SSi2. The minimum absolute atomic E-state index is 0.00978. The topological polar surface area (TPSA) is 594 Å². The highest BCUT2D eigenvalue weighted by Gasteiger charge is 2.37. The van der Waals surface area contributed by atoms with E-state index in [-0.39, 0.29) is 72.7 Å². The maximum absolute atomic E-state index is 14.2. The molecule has 0 aliphatic carbocycles. The van der Waals surface area contributed by atoms with Crippen LogP contribution in [0.25, 0.3) is 11.2 Å². The lowest BCUT2D eigenvalue weighted by molar-refractivity contribution is -0.146. The Labute approximate surface area is 577 Å². The number of ketones is 3. The van der Waals surface area contributed by atoms with E-state index in [0.29, 0.717) is 34.0 Å². The zero-order chi connectivity index (χ0) is 74.0. The summed E-state index contributed by atoms with van der Waals surface area (Å²) in [6.07, 6.45) is -1.05. The van der Waals surface area contributed by atoms with Crippen LogP contribution >= 0.6 is 11.8 Å². The lowest BCUT2D eigenvalue weighted by atomic mass is 9.90. The van der Waals surface area contributed by atoms with Crippen LogP contribution in [0.5, 0.6) is 0 Å².